The van der Waals surface area contributed by atoms with Gasteiger partial charge in [-0.3, -0.25) is 0 Å². The predicted molar refractivity (Wildman–Crippen MR) is 92.0 cm³/mol. The molecule has 4 N–H and O–H groups in total. The third-order valence-corrected chi connectivity index (χ3v) is 4.21. The van der Waals surface area contributed by atoms with Gasteiger partial charge in [0.05, 0.1) is 0 Å². The molecule has 0 aromatic heterocycles. The lowest BCUT2D eigenvalue weighted by molar-refractivity contribution is -0.139. The van der Waals surface area contributed by atoms with E-state index in [1.807, 2.05) is 0 Å². The third kappa shape index (κ3) is 4.96. The van der Waals surface area contributed by atoms with E-state index in [2.05, 4.69) is 5.32 Å². The van der Waals surface area contributed by atoms with Crippen LogP contribution in [0.3, 0.4) is 0 Å². The first-order chi connectivity index (χ1) is 11.5. The summed E-state index contributed by atoms with van der Waals surface area (Å²) in [7, 11) is -1.45. The number of benzene rings is 1. The molecule has 0 radical (unpaired) electrons. The lowest BCUT2D eigenvalue weighted by Crippen LogP contribution is -2.44. The summed E-state index contributed by atoms with van der Waals surface area (Å²) >= 11 is 0. The summed E-state index contributed by atoms with van der Waals surface area (Å²) in [6.07, 6.45) is 0.625. The SMILES string of the molecule is CC(C)(C)OC(=O)NC(Cc1cccc(C2(B(O)O)CC2)c1)C(=O)O. The summed E-state index contributed by atoms with van der Waals surface area (Å²) < 4.78 is 5.10. The fourth-order valence-corrected chi connectivity index (χ4v) is 2.72. The van der Waals surface area contributed by atoms with E-state index in [1.54, 1.807) is 45.0 Å². The number of nitrogens with one attached hydrogen (secondary N) is 1. The molecule has 1 unspecified atom stereocenters. The van der Waals surface area contributed by atoms with Crippen LogP contribution in [0.1, 0.15) is 44.7 Å². The molecule has 1 aliphatic carbocycles. The molecule has 1 saturated carbocycles. The summed E-state index contributed by atoms with van der Waals surface area (Å²) in [5.41, 5.74) is 0.733. The summed E-state index contributed by atoms with van der Waals surface area (Å²) in [6, 6.07) is 5.92. The van der Waals surface area contributed by atoms with Crippen LogP contribution in [0.25, 0.3) is 0 Å². The molecule has 1 atom stereocenters. The Morgan fingerprint density at radius 3 is 2.44 bits per heavy atom. The van der Waals surface area contributed by atoms with Gasteiger partial charge < -0.3 is 25.2 Å². The number of carbonyl (C=O) groups excluding carboxylic acids is 1. The fourth-order valence-electron chi connectivity index (χ4n) is 2.72. The minimum atomic E-state index is -1.45. The smallest absolute Gasteiger partial charge is 0.462 e. The Morgan fingerprint density at radius 2 is 1.96 bits per heavy atom. The molecule has 136 valence electrons. The second kappa shape index (κ2) is 7.05. The zero-order chi connectivity index (χ0) is 18.8. The van der Waals surface area contributed by atoms with Crippen molar-refractivity contribution in [3.63, 3.8) is 0 Å². The maximum absolute atomic E-state index is 11.8. The molecule has 0 spiro atoms. The minimum Gasteiger partial charge on any atom is -0.480 e. The minimum absolute atomic E-state index is 0.0695. The van der Waals surface area contributed by atoms with Crippen LogP contribution in [0.2, 0.25) is 0 Å². The number of carbonyl (C=O) groups is 2. The Bertz CT molecular complexity index is 651. The number of carboxylic acids is 1. The standard InChI is InChI=1S/C17H24BNO6/c1-16(2,3)25-15(22)19-13(14(20)21)10-11-5-4-6-12(9-11)17(7-8-17)18(23)24/h4-6,9,13,23-24H,7-8,10H2,1-3H3,(H,19,22)(H,20,21). The van der Waals surface area contributed by atoms with Crippen LogP contribution in [-0.4, -0.2) is 46.0 Å². The van der Waals surface area contributed by atoms with Crippen molar-refractivity contribution >= 4 is 19.2 Å². The van der Waals surface area contributed by atoms with Gasteiger partial charge in [-0.2, -0.15) is 0 Å². The molecule has 0 saturated heterocycles. The van der Waals surface area contributed by atoms with Crippen LogP contribution in [-0.2, 0) is 21.3 Å². The van der Waals surface area contributed by atoms with Gasteiger partial charge in [0.1, 0.15) is 11.6 Å². The summed E-state index contributed by atoms with van der Waals surface area (Å²) in [5, 5.41) is 30.2. The van der Waals surface area contributed by atoms with E-state index in [-0.39, 0.29) is 6.42 Å². The van der Waals surface area contributed by atoms with Gasteiger partial charge >= 0.3 is 19.2 Å². The van der Waals surface area contributed by atoms with Crippen molar-refractivity contribution in [3.8, 4) is 0 Å². The molecule has 8 heteroatoms. The fraction of sp³-hybridized carbons (Fsp3) is 0.529. The molecular weight excluding hydrogens is 325 g/mol. The van der Waals surface area contributed by atoms with Crippen molar-refractivity contribution in [2.75, 3.05) is 0 Å². The van der Waals surface area contributed by atoms with E-state index in [4.69, 9.17) is 4.74 Å². The molecule has 0 heterocycles. The van der Waals surface area contributed by atoms with Gasteiger partial charge in [-0.05, 0) is 44.7 Å². The van der Waals surface area contributed by atoms with Gasteiger partial charge in [0.2, 0.25) is 0 Å². The summed E-state index contributed by atoms with van der Waals surface area (Å²) in [5.74, 6) is -1.17. The maximum atomic E-state index is 11.8. The van der Waals surface area contributed by atoms with Crippen molar-refractivity contribution in [1.29, 1.82) is 0 Å². The number of alkyl carbamates (subject to hydrolysis) is 1. The zero-order valence-electron chi connectivity index (χ0n) is 14.7. The van der Waals surface area contributed by atoms with E-state index in [1.165, 1.54) is 0 Å². The number of ether oxygens (including phenoxy) is 1. The Kier molecular flexibility index (Phi) is 5.44. The highest BCUT2D eigenvalue weighted by Crippen LogP contribution is 2.49. The van der Waals surface area contributed by atoms with Crippen molar-refractivity contribution in [2.45, 2.75) is 57.0 Å². The molecule has 1 aromatic rings. The largest absolute Gasteiger partial charge is 0.480 e. The maximum Gasteiger partial charge on any atom is 0.462 e. The van der Waals surface area contributed by atoms with Gasteiger partial charge in [0, 0.05) is 11.7 Å². The molecule has 7 nitrogen and oxygen atoms in total. The topological polar surface area (TPSA) is 116 Å². The molecule has 1 amide bonds. The average molecular weight is 349 g/mol. The van der Waals surface area contributed by atoms with Crippen LogP contribution < -0.4 is 5.32 Å². The van der Waals surface area contributed by atoms with Gasteiger partial charge in [0.25, 0.3) is 0 Å². The van der Waals surface area contributed by atoms with Crippen LogP contribution in [0.4, 0.5) is 4.79 Å². The van der Waals surface area contributed by atoms with Gasteiger partial charge in [-0.15, -0.1) is 0 Å². The van der Waals surface area contributed by atoms with Gasteiger partial charge in [-0.1, -0.05) is 24.3 Å². The number of hydrogen-bond donors (Lipinski definition) is 4. The first-order valence-electron chi connectivity index (χ1n) is 8.21. The molecule has 0 bridgehead atoms. The molecule has 25 heavy (non-hydrogen) atoms. The molecular formula is C17H24BNO6. The number of aliphatic carboxylic acids is 1. The van der Waals surface area contributed by atoms with Crippen LogP contribution in [0.5, 0.6) is 0 Å². The lowest BCUT2D eigenvalue weighted by atomic mass is 9.65. The second-order valence-corrected chi connectivity index (χ2v) is 7.47. The van der Waals surface area contributed by atoms with E-state index in [0.717, 1.165) is 5.56 Å². The third-order valence-electron chi connectivity index (χ3n) is 4.21. The van der Waals surface area contributed by atoms with Crippen molar-refractivity contribution in [3.05, 3.63) is 35.4 Å². The number of amides is 1. The highest BCUT2D eigenvalue weighted by Gasteiger charge is 2.53. The Balaban J connectivity index is 2.10. The van der Waals surface area contributed by atoms with E-state index in [9.17, 15) is 24.7 Å². The predicted octanol–water partition coefficient (Wildman–Crippen LogP) is 1.25. The quantitative estimate of drug-likeness (QED) is 0.575. The lowest BCUT2D eigenvalue weighted by Gasteiger charge is -2.22. The van der Waals surface area contributed by atoms with Gasteiger partial charge in [-0.25, -0.2) is 9.59 Å². The van der Waals surface area contributed by atoms with E-state index >= 15 is 0 Å². The van der Waals surface area contributed by atoms with E-state index in [0.29, 0.717) is 18.4 Å². The van der Waals surface area contributed by atoms with Crippen LogP contribution in [0, 0.1) is 0 Å². The molecule has 2 rings (SSSR count). The highest BCUT2D eigenvalue weighted by atomic mass is 16.6. The van der Waals surface area contributed by atoms with Crippen molar-refractivity contribution < 1.29 is 29.5 Å². The summed E-state index contributed by atoms with van der Waals surface area (Å²) in [6.45, 7) is 5.09. The highest BCUT2D eigenvalue weighted by molar-refractivity contribution is 6.47. The van der Waals surface area contributed by atoms with Crippen molar-refractivity contribution in [1.82, 2.24) is 5.32 Å². The first-order valence-corrected chi connectivity index (χ1v) is 8.21. The number of hydrogen-bond acceptors (Lipinski definition) is 5. The normalized spacial score (nSPS) is 16.7. The first kappa shape index (κ1) is 19.3. The van der Waals surface area contributed by atoms with Gasteiger partial charge in [0.15, 0.2) is 0 Å². The molecule has 1 fully saturated rings. The van der Waals surface area contributed by atoms with Crippen LogP contribution in [0.15, 0.2) is 24.3 Å². The Hall–Kier alpha value is -2.06. The second-order valence-electron chi connectivity index (χ2n) is 7.47. The van der Waals surface area contributed by atoms with Crippen molar-refractivity contribution in [2.24, 2.45) is 0 Å². The molecule has 1 aliphatic rings. The molecule has 0 aliphatic heterocycles. The summed E-state index contributed by atoms with van der Waals surface area (Å²) in [4.78, 5) is 23.3. The van der Waals surface area contributed by atoms with Crippen LogP contribution >= 0.6 is 0 Å². The van der Waals surface area contributed by atoms with E-state index < -0.39 is 36.1 Å². The zero-order valence-corrected chi connectivity index (χ0v) is 14.7. The number of carboxylic acid groups (broad SMARTS) is 1. The Labute approximate surface area is 147 Å². The monoisotopic (exact) mass is 349 g/mol. The number of rotatable bonds is 6. The average Bonchev–Trinajstić information content (AvgIpc) is 3.26. The Morgan fingerprint density at radius 1 is 1.32 bits per heavy atom. The molecule has 1 aromatic carbocycles.